The third kappa shape index (κ3) is 3.12. The van der Waals surface area contributed by atoms with Crippen LogP contribution in [0, 0.1) is 19.7 Å². The lowest BCUT2D eigenvalue weighted by atomic mass is 9.84. The van der Waals surface area contributed by atoms with Crippen LogP contribution in [0.15, 0.2) is 75.9 Å². The summed E-state index contributed by atoms with van der Waals surface area (Å²) < 4.78 is 20.2. The van der Waals surface area contributed by atoms with Crippen LogP contribution >= 0.6 is 11.3 Å². The van der Waals surface area contributed by atoms with Crippen molar-refractivity contribution in [3.05, 3.63) is 116 Å². The van der Waals surface area contributed by atoms with Gasteiger partial charge in [0.2, 0.25) is 10.9 Å². The Labute approximate surface area is 224 Å². The molecule has 1 unspecified atom stereocenters. The van der Waals surface area contributed by atoms with E-state index in [2.05, 4.69) is 10.2 Å². The van der Waals surface area contributed by atoms with Crippen molar-refractivity contribution in [2.75, 3.05) is 9.80 Å². The lowest BCUT2D eigenvalue weighted by molar-refractivity contribution is -0.121. The molecule has 0 saturated heterocycles. The summed E-state index contributed by atoms with van der Waals surface area (Å²) in [5.74, 6) is -2.10. The van der Waals surface area contributed by atoms with Gasteiger partial charge in [-0.3, -0.25) is 19.3 Å². The second-order valence-corrected chi connectivity index (χ2v) is 10.8. The number of amides is 2. The van der Waals surface area contributed by atoms with Gasteiger partial charge in [-0.1, -0.05) is 59.4 Å². The van der Waals surface area contributed by atoms with Crippen LogP contribution in [0.5, 0.6) is 0 Å². The van der Waals surface area contributed by atoms with E-state index in [1.54, 1.807) is 36.1 Å². The number of carbonyl (C=O) groups excluding carboxylic acids is 2. The third-order valence-electron chi connectivity index (χ3n) is 7.25. The Morgan fingerprint density at radius 1 is 0.974 bits per heavy atom. The number of halogens is 1. The molecule has 2 aliphatic heterocycles. The molecule has 192 valence electrons. The highest BCUT2D eigenvalue weighted by molar-refractivity contribution is 7.15. The molecular formula is C29H19FN4O4S. The van der Waals surface area contributed by atoms with Gasteiger partial charge in [0.05, 0.1) is 23.2 Å². The summed E-state index contributed by atoms with van der Waals surface area (Å²) in [7, 11) is 0. The minimum Gasteiger partial charge on any atom is -0.450 e. The number of nitrogens with zero attached hydrogens (tertiary/aromatic N) is 4. The molecule has 7 rings (SSSR count). The summed E-state index contributed by atoms with van der Waals surface area (Å²) in [6, 6.07) is 18.3. The second-order valence-electron chi connectivity index (χ2n) is 9.62. The van der Waals surface area contributed by atoms with E-state index in [4.69, 9.17) is 4.42 Å². The van der Waals surface area contributed by atoms with Crippen molar-refractivity contribution in [2.45, 2.75) is 25.9 Å². The van der Waals surface area contributed by atoms with Gasteiger partial charge >= 0.3 is 0 Å². The Morgan fingerprint density at radius 3 is 2.49 bits per heavy atom. The number of rotatable bonds is 3. The molecule has 4 heterocycles. The van der Waals surface area contributed by atoms with Crippen LogP contribution in [0.3, 0.4) is 0 Å². The highest BCUT2D eigenvalue weighted by Gasteiger charge is 2.66. The maximum Gasteiger partial charge on any atom is 0.297 e. The maximum absolute atomic E-state index is 14.7. The molecule has 2 aliphatic rings. The van der Waals surface area contributed by atoms with E-state index in [1.807, 2.05) is 31.2 Å². The van der Waals surface area contributed by atoms with Gasteiger partial charge in [0, 0.05) is 5.56 Å². The van der Waals surface area contributed by atoms with Crippen molar-refractivity contribution < 1.29 is 18.4 Å². The zero-order chi connectivity index (χ0) is 27.1. The van der Waals surface area contributed by atoms with E-state index in [-0.39, 0.29) is 34.0 Å². The number of hydrogen-bond donors (Lipinski definition) is 0. The Morgan fingerprint density at radius 2 is 1.74 bits per heavy atom. The van der Waals surface area contributed by atoms with Crippen LogP contribution in [0.25, 0.3) is 11.0 Å². The number of fused-ring (bicyclic) bond motifs is 5. The average molecular weight is 539 g/mol. The van der Waals surface area contributed by atoms with Crippen LogP contribution in [0.4, 0.5) is 15.2 Å². The molecule has 0 aliphatic carbocycles. The molecule has 1 spiro atoms. The fraction of sp³-hybridized carbons (Fsp3) is 0.138. The van der Waals surface area contributed by atoms with E-state index in [9.17, 15) is 18.8 Å². The van der Waals surface area contributed by atoms with Crippen molar-refractivity contribution >= 4 is 44.9 Å². The first-order valence-electron chi connectivity index (χ1n) is 12.2. The molecular weight excluding hydrogens is 519 g/mol. The molecule has 0 bridgehead atoms. The molecule has 0 saturated carbocycles. The van der Waals surface area contributed by atoms with Crippen LogP contribution in [0.2, 0.25) is 0 Å². The van der Waals surface area contributed by atoms with Crippen LogP contribution in [-0.4, -0.2) is 22.0 Å². The predicted octanol–water partition coefficient (Wildman–Crippen LogP) is 4.85. The van der Waals surface area contributed by atoms with E-state index in [0.717, 1.165) is 34.6 Å². The average Bonchev–Trinajstić information content (AvgIpc) is 3.54. The van der Waals surface area contributed by atoms with Crippen molar-refractivity contribution in [3.63, 3.8) is 0 Å². The number of anilines is 2. The van der Waals surface area contributed by atoms with Crippen molar-refractivity contribution in [1.82, 2.24) is 10.2 Å². The zero-order valence-electron chi connectivity index (χ0n) is 20.8. The molecule has 1 atom stereocenters. The van der Waals surface area contributed by atoms with Gasteiger partial charge in [-0.2, -0.15) is 0 Å². The first-order chi connectivity index (χ1) is 18.8. The number of para-hydroxylation sites is 1. The maximum atomic E-state index is 14.7. The number of hydrogen-bond acceptors (Lipinski definition) is 7. The molecule has 2 aromatic heterocycles. The lowest BCUT2D eigenvalue weighted by Crippen LogP contribution is -2.53. The fourth-order valence-electron chi connectivity index (χ4n) is 5.54. The topological polar surface area (TPSA) is 96.6 Å². The fourth-order valence-corrected chi connectivity index (χ4v) is 6.28. The number of carbonyl (C=O) groups is 2. The van der Waals surface area contributed by atoms with Crippen molar-refractivity contribution in [2.24, 2.45) is 0 Å². The Bertz CT molecular complexity index is 1920. The van der Waals surface area contributed by atoms with Crippen molar-refractivity contribution in [1.29, 1.82) is 0 Å². The summed E-state index contributed by atoms with van der Waals surface area (Å²) in [5.41, 5.74) is 0.281. The molecule has 5 aromatic rings. The highest BCUT2D eigenvalue weighted by Crippen LogP contribution is 2.54. The SMILES string of the molecule is Cc1ccc(CN2C(=O)C3(c4ccccc42)c2c(oc4ccc(F)cc4c2=O)C(=O)N3c2nnc(C)s2)cc1. The van der Waals surface area contributed by atoms with E-state index < -0.39 is 28.6 Å². The molecule has 8 nitrogen and oxygen atoms in total. The van der Waals surface area contributed by atoms with Gasteiger partial charge in [-0.25, -0.2) is 4.39 Å². The van der Waals surface area contributed by atoms with Crippen LogP contribution < -0.4 is 15.2 Å². The smallest absolute Gasteiger partial charge is 0.297 e. The quantitative estimate of drug-likeness (QED) is 0.326. The molecule has 3 aromatic carbocycles. The first kappa shape index (κ1) is 23.4. The third-order valence-corrected chi connectivity index (χ3v) is 8.08. The molecule has 10 heteroatoms. The lowest BCUT2D eigenvalue weighted by Gasteiger charge is -2.32. The van der Waals surface area contributed by atoms with Gasteiger partial charge in [-0.15, -0.1) is 10.2 Å². The minimum absolute atomic E-state index is 0.0502. The first-order valence-corrected chi connectivity index (χ1v) is 13.0. The molecule has 2 amide bonds. The monoisotopic (exact) mass is 538 g/mol. The van der Waals surface area contributed by atoms with E-state index in [0.29, 0.717) is 16.3 Å². The Kier molecular flexibility index (Phi) is 4.89. The number of aromatic nitrogens is 2. The van der Waals surface area contributed by atoms with Crippen molar-refractivity contribution in [3.8, 4) is 0 Å². The highest BCUT2D eigenvalue weighted by atomic mass is 32.1. The van der Waals surface area contributed by atoms with Gasteiger partial charge in [0.25, 0.3) is 11.8 Å². The predicted molar refractivity (Wildman–Crippen MR) is 143 cm³/mol. The van der Waals surface area contributed by atoms with E-state index >= 15 is 0 Å². The number of benzene rings is 3. The minimum atomic E-state index is -1.90. The second kappa shape index (κ2) is 8.15. The standard InChI is InChI=1S/C29H19FN4O4S/c1-15-7-9-17(10-8-15)14-33-21-6-4-3-5-20(21)29(27(33)37)23-24(35)19-13-18(30)11-12-22(19)38-25(23)26(36)34(29)28-32-31-16(2)39-28/h3-13H,14H2,1-2H3. The van der Waals surface area contributed by atoms with E-state index in [1.165, 1.54) is 11.0 Å². The zero-order valence-corrected chi connectivity index (χ0v) is 21.6. The Balaban J connectivity index is 1.56. The number of aryl methyl sites for hydroxylation is 2. The molecule has 39 heavy (non-hydrogen) atoms. The van der Waals surface area contributed by atoms with Gasteiger partial charge < -0.3 is 9.32 Å². The van der Waals surface area contributed by atoms with Crippen LogP contribution in [-0.2, 0) is 16.9 Å². The molecule has 0 radical (unpaired) electrons. The summed E-state index contributed by atoms with van der Waals surface area (Å²) in [6.45, 7) is 3.92. The molecule has 0 N–H and O–H groups in total. The van der Waals surface area contributed by atoms with Gasteiger partial charge in [0.1, 0.15) is 16.4 Å². The van der Waals surface area contributed by atoms with Crippen LogP contribution in [0.1, 0.15) is 37.8 Å². The largest absolute Gasteiger partial charge is 0.450 e. The summed E-state index contributed by atoms with van der Waals surface area (Å²) in [5, 5.41) is 8.93. The van der Waals surface area contributed by atoms with Gasteiger partial charge in [-0.05, 0) is 43.7 Å². The summed E-state index contributed by atoms with van der Waals surface area (Å²) >= 11 is 1.12. The molecule has 0 fully saturated rings. The summed E-state index contributed by atoms with van der Waals surface area (Å²) in [6.07, 6.45) is 0. The Hall–Kier alpha value is -4.70. The normalized spacial score (nSPS) is 17.9. The summed E-state index contributed by atoms with van der Waals surface area (Å²) in [4.78, 5) is 45.7. The van der Waals surface area contributed by atoms with Gasteiger partial charge in [0.15, 0.2) is 11.0 Å².